The number of ether oxygens (including phenoxy) is 1. The minimum absolute atomic E-state index is 0.0461. The first-order chi connectivity index (χ1) is 13.7. The van der Waals surface area contributed by atoms with Gasteiger partial charge in [0.1, 0.15) is 16.4 Å². The zero-order valence-corrected chi connectivity index (χ0v) is 15.9. The van der Waals surface area contributed by atoms with Gasteiger partial charge in [0.25, 0.3) is 5.56 Å². The number of alkyl halides is 3. The fourth-order valence-electron chi connectivity index (χ4n) is 2.82. The SMILES string of the molecule is COc1ccc(-c2nc3sc4c(c3c(=O)[nH]2)CCNC4)cc1.O=C(O)C(F)(F)F. The Balaban J connectivity index is 0.000000298. The summed E-state index contributed by atoms with van der Waals surface area (Å²) in [6.07, 6.45) is -4.19. The molecule has 4 rings (SSSR count). The van der Waals surface area contributed by atoms with Gasteiger partial charge in [-0.05, 0) is 42.8 Å². The van der Waals surface area contributed by atoms with Gasteiger partial charge < -0.3 is 20.1 Å². The molecule has 1 aliphatic heterocycles. The first-order valence-electron chi connectivity index (χ1n) is 8.40. The van der Waals surface area contributed by atoms with Gasteiger partial charge in [-0.2, -0.15) is 13.2 Å². The second-order valence-corrected chi connectivity index (χ2v) is 7.14. The number of hydrogen-bond donors (Lipinski definition) is 3. The van der Waals surface area contributed by atoms with Crippen molar-refractivity contribution in [2.45, 2.75) is 19.1 Å². The number of aliphatic carboxylic acids is 1. The van der Waals surface area contributed by atoms with Gasteiger partial charge in [-0.3, -0.25) is 4.79 Å². The maximum absolute atomic E-state index is 12.5. The molecule has 3 heterocycles. The van der Waals surface area contributed by atoms with Crippen LogP contribution in [-0.2, 0) is 17.8 Å². The largest absolute Gasteiger partial charge is 0.497 e. The van der Waals surface area contributed by atoms with E-state index in [9.17, 15) is 18.0 Å². The Hall–Kier alpha value is -2.92. The normalized spacial score (nSPS) is 13.4. The Bertz CT molecular complexity index is 1090. The number of nitrogens with zero attached hydrogens (tertiary/aromatic N) is 1. The molecule has 29 heavy (non-hydrogen) atoms. The maximum Gasteiger partial charge on any atom is 0.490 e. The summed E-state index contributed by atoms with van der Waals surface area (Å²) in [6, 6.07) is 7.53. The molecule has 154 valence electrons. The Morgan fingerprint density at radius 3 is 2.52 bits per heavy atom. The summed E-state index contributed by atoms with van der Waals surface area (Å²) in [7, 11) is 1.63. The van der Waals surface area contributed by atoms with Crippen LogP contribution in [-0.4, -0.2) is 40.9 Å². The minimum Gasteiger partial charge on any atom is -0.497 e. The summed E-state index contributed by atoms with van der Waals surface area (Å²) < 4.78 is 36.9. The van der Waals surface area contributed by atoms with Crippen molar-refractivity contribution in [3.8, 4) is 17.1 Å². The average molecular weight is 427 g/mol. The maximum atomic E-state index is 12.5. The summed E-state index contributed by atoms with van der Waals surface area (Å²) in [5.74, 6) is -1.37. The molecule has 0 unspecified atom stereocenters. The van der Waals surface area contributed by atoms with Crippen LogP contribution < -0.4 is 15.6 Å². The van der Waals surface area contributed by atoms with E-state index in [0.717, 1.165) is 46.6 Å². The molecule has 0 spiro atoms. The van der Waals surface area contributed by atoms with Crippen LogP contribution in [0, 0.1) is 0 Å². The molecule has 0 saturated carbocycles. The van der Waals surface area contributed by atoms with Crippen LogP contribution in [0.3, 0.4) is 0 Å². The van der Waals surface area contributed by atoms with Crippen LogP contribution in [0.5, 0.6) is 5.75 Å². The number of carboxylic acids is 1. The molecule has 0 bridgehead atoms. The number of halogens is 3. The molecule has 0 aliphatic carbocycles. The highest BCUT2D eigenvalue weighted by molar-refractivity contribution is 7.18. The Kier molecular flexibility index (Phi) is 5.89. The molecular weight excluding hydrogens is 411 g/mol. The molecule has 7 nitrogen and oxygen atoms in total. The highest BCUT2D eigenvalue weighted by Gasteiger charge is 2.38. The zero-order valence-electron chi connectivity index (χ0n) is 15.1. The van der Waals surface area contributed by atoms with Crippen molar-refractivity contribution in [2.75, 3.05) is 13.7 Å². The van der Waals surface area contributed by atoms with Crippen LogP contribution in [0.15, 0.2) is 29.1 Å². The predicted octanol–water partition coefficient (Wildman–Crippen LogP) is 2.94. The van der Waals surface area contributed by atoms with Gasteiger partial charge in [0.15, 0.2) is 0 Å². The molecule has 11 heteroatoms. The van der Waals surface area contributed by atoms with Crippen LogP contribution in [0.25, 0.3) is 21.6 Å². The van der Waals surface area contributed by atoms with Crippen molar-refractivity contribution in [2.24, 2.45) is 0 Å². The summed E-state index contributed by atoms with van der Waals surface area (Å²) in [4.78, 5) is 31.0. The fourth-order valence-corrected chi connectivity index (χ4v) is 4.01. The summed E-state index contributed by atoms with van der Waals surface area (Å²) in [6.45, 7) is 1.74. The van der Waals surface area contributed by atoms with E-state index in [1.54, 1.807) is 18.4 Å². The van der Waals surface area contributed by atoms with Gasteiger partial charge in [-0.15, -0.1) is 11.3 Å². The number of aromatic amines is 1. The van der Waals surface area contributed by atoms with E-state index >= 15 is 0 Å². The second kappa shape index (κ2) is 8.21. The number of methoxy groups -OCH3 is 1. The van der Waals surface area contributed by atoms with Crippen molar-refractivity contribution in [1.29, 1.82) is 0 Å². The van der Waals surface area contributed by atoms with Gasteiger partial charge in [-0.1, -0.05) is 0 Å². The first kappa shape index (κ1) is 20.8. The molecule has 1 aliphatic rings. The first-order valence-corrected chi connectivity index (χ1v) is 9.22. The third-order valence-electron chi connectivity index (χ3n) is 4.19. The molecule has 1 aromatic carbocycles. The molecule has 0 radical (unpaired) electrons. The second-order valence-electron chi connectivity index (χ2n) is 6.06. The standard InChI is InChI=1S/C16H15N3O2S.C2HF3O2/c1-21-10-4-2-9(3-5-10)14-18-15(20)13-11-6-7-17-8-12(11)22-16(13)19-14;3-2(4,5)1(6)7/h2-5,17H,6-8H2,1H3,(H,18,19,20);(H,6,7). The molecule has 0 saturated heterocycles. The molecule has 0 amide bonds. The van der Waals surface area contributed by atoms with E-state index in [1.807, 2.05) is 24.3 Å². The monoisotopic (exact) mass is 427 g/mol. The molecule has 3 aromatic rings. The predicted molar refractivity (Wildman–Crippen MR) is 101 cm³/mol. The Morgan fingerprint density at radius 1 is 1.28 bits per heavy atom. The van der Waals surface area contributed by atoms with Crippen molar-refractivity contribution in [1.82, 2.24) is 15.3 Å². The highest BCUT2D eigenvalue weighted by atomic mass is 32.1. The van der Waals surface area contributed by atoms with Crippen molar-refractivity contribution >= 4 is 27.5 Å². The number of carboxylic acid groups (broad SMARTS) is 1. The number of aromatic nitrogens is 2. The number of benzene rings is 1. The van der Waals surface area contributed by atoms with E-state index in [4.69, 9.17) is 14.6 Å². The lowest BCUT2D eigenvalue weighted by molar-refractivity contribution is -0.192. The number of carbonyl (C=O) groups is 1. The summed E-state index contributed by atoms with van der Waals surface area (Å²) in [5, 5.41) is 11.2. The van der Waals surface area contributed by atoms with Crippen LogP contribution in [0.4, 0.5) is 13.2 Å². The topological polar surface area (TPSA) is 104 Å². The Morgan fingerprint density at radius 2 is 1.93 bits per heavy atom. The van der Waals surface area contributed by atoms with Crippen molar-refractivity contribution in [3.63, 3.8) is 0 Å². The Labute approximate surface area is 166 Å². The van der Waals surface area contributed by atoms with Crippen molar-refractivity contribution < 1.29 is 27.8 Å². The van der Waals surface area contributed by atoms with Crippen LogP contribution >= 0.6 is 11.3 Å². The molecular formula is C18H16F3N3O4S. The molecule has 0 fully saturated rings. The number of H-pyrrole nitrogens is 1. The van der Waals surface area contributed by atoms with Gasteiger partial charge in [0.05, 0.1) is 12.5 Å². The van der Waals surface area contributed by atoms with Crippen LogP contribution in [0.2, 0.25) is 0 Å². The minimum atomic E-state index is -5.08. The van der Waals surface area contributed by atoms with E-state index < -0.39 is 12.1 Å². The lowest BCUT2D eigenvalue weighted by atomic mass is 10.1. The average Bonchev–Trinajstić information content (AvgIpc) is 3.06. The third kappa shape index (κ3) is 4.57. The molecule has 3 N–H and O–H groups in total. The quantitative estimate of drug-likeness (QED) is 0.581. The number of thiophene rings is 1. The lowest BCUT2D eigenvalue weighted by Crippen LogP contribution is -2.23. The van der Waals surface area contributed by atoms with E-state index in [-0.39, 0.29) is 5.56 Å². The number of hydrogen-bond acceptors (Lipinski definition) is 6. The van der Waals surface area contributed by atoms with Gasteiger partial charge >= 0.3 is 12.1 Å². The summed E-state index contributed by atoms with van der Waals surface area (Å²) >= 11 is 1.61. The molecule has 0 atom stereocenters. The highest BCUT2D eigenvalue weighted by Crippen LogP contribution is 2.31. The van der Waals surface area contributed by atoms with Gasteiger partial charge in [0.2, 0.25) is 0 Å². The lowest BCUT2D eigenvalue weighted by Gasteiger charge is -2.11. The summed E-state index contributed by atoms with van der Waals surface area (Å²) in [5.41, 5.74) is 1.99. The van der Waals surface area contributed by atoms with E-state index in [2.05, 4.69) is 15.3 Å². The van der Waals surface area contributed by atoms with Crippen molar-refractivity contribution in [3.05, 3.63) is 45.1 Å². The number of nitrogens with one attached hydrogen (secondary N) is 2. The number of fused-ring (bicyclic) bond motifs is 3. The van der Waals surface area contributed by atoms with Crippen LogP contribution in [0.1, 0.15) is 10.4 Å². The van der Waals surface area contributed by atoms with E-state index in [0.29, 0.717) is 5.82 Å². The zero-order chi connectivity index (χ0) is 21.2. The fraction of sp³-hybridized carbons (Fsp3) is 0.278. The molecule has 2 aromatic heterocycles. The van der Waals surface area contributed by atoms with Gasteiger partial charge in [-0.25, -0.2) is 9.78 Å². The van der Waals surface area contributed by atoms with E-state index in [1.165, 1.54) is 4.88 Å². The smallest absolute Gasteiger partial charge is 0.490 e. The number of rotatable bonds is 2. The third-order valence-corrected chi connectivity index (χ3v) is 5.31. The van der Waals surface area contributed by atoms with Gasteiger partial charge in [0, 0.05) is 17.0 Å².